The van der Waals surface area contributed by atoms with E-state index in [-0.39, 0.29) is 12.7 Å². The molecule has 0 spiro atoms. The second-order valence-corrected chi connectivity index (χ2v) is 5.46. The van der Waals surface area contributed by atoms with Gasteiger partial charge in [-0.25, -0.2) is 4.79 Å². The lowest BCUT2D eigenvalue weighted by Crippen LogP contribution is -2.46. The average Bonchev–Trinajstić information content (AvgIpc) is 2.37. The Balaban J connectivity index is 2.69. The normalized spacial score (nSPS) is 24.6. The minimum atomic E-state index is -0.726. The highest BCUT2D eigenvalue weighted by atomic mass is 16.6. The highest BCUT2D eigenvalue weighted by Gasteiger charge is 2.43. The third kappa shape index (κ3) is 3.09. The summed E-state index contributed by atoms with van der Waals surface area (Å²) in [5.41, 5.74) is -1.25. The van der Waals surface area contributed by atoms with Gasteiger partial charge < -0.3 is 14.6 Å². The highest BCUT2D eigenvalue weighted by Crippen LogP contribution is 2.28. The van der Waals surface area contributed by atoms with E-state index in [0.717, 1.165) is 0 Å². The van der Waals surface area contributed by atoms with Crippen molar-refractivity contribution in [2.45, 2.75) is 52.0 Å². The first-order valence-corrected chi connectivity index (χ1v) is 5.45. The number of ether oxygens (including phenoxy) is 2. The van der Waals surface area contributed by atoms with Gasteiger partial charge in [0.2, 0.25) is 0 Å². The van der Waals surface area contributed by atoms with Crippen LogP contribution in [0.3, 0.4) is 0 Å². The Labute approximate surface area is 96.3 Å². The maximum absolute atomic E-state index is 11.9. The van der Waals surface area contributed by atoms with Crippen molar-refractivity contribution in [1.82, 2.24) is 4.90 Å². The summed E-state index contributed by atoms with van der Waals surface area (Å²) in [4.78, 5) is 13.4. The van der Waals surface area contributed by atoms with Gasteiger partial charge in [-0.15, -0.1) is 0 Å². The SMILES string of the molecule is CC(C)(C)OC(=O)N1C[C@H](CO)OC1(C)C. The van der Waals surface area contributed by atoms with E-state index in [9.17, 15) is 4.79 Å². The molecule has 0 unspecified atom stereocenters. The summed E-state index contributed by atoms with van der Waals surface area (Å²) < 4.78 is 10.8. The molecule has 0 saturated carbocycles. The Morgan fingerprint density at radius 2 is 2.12 bits per heavy atom. The van der Waals surface area contributed by atoms with Crippen LogP contribution in [0.5, 0.6) is 0 Å². The van der Waals surface area contributed by atoms with Gasteiger partial charge in [0.1, 0.15) is 17.4 Å². The Kier molecular flexibility index (Phi) is 3.50. The third-order valence-electron chi connectivity index (χ3n) is 2.31. The lowest BCUT2D eigenvalue weighted by molar-refractivity contribution is -0.0864. The van der Waals surface area contributed by atoms with Crippen LogP contribution in [-0.2, 0) is 9.47 Å². The Morgan fingerprint density at radius 1 is 1.56 bits per heavy atom. The number of aliphatic hydroxyl groups excluding tert-OH is 1. The Bertz CT molecular complexity index is 270. The topological polar surface area (TPSA) is 59.0 Å². The standard InChI is InChI=1S/C11H21NO4/c1-10(2,3)16-9(14)12-6-8(7-13)15-11(12,4)5/h8,13H,6-7H2,1-5H3/t8-/m1/s1. The van der Waals surface area contributed by atoms with Crippen LogP contribution in [0.4, 0.5) is 4.79 Å². The molecule has 1 rings (SSSR count). The summed E-state index contributed by atoms with van der Waals surface area (Å²) in [7, 11) is 0. The Hall–Kier alpha value is -0.810. The molecule has 0 bridgehead atoms. The van der Waals surface area contributed by atoms with Crippen molar-refractivity contribution in [3.05, 3.63) is 0 Å². The van der Waals surface area contributed by atoms with E-state index < -0.39 is 17.4 Å². The van der Waals surface area contributed by atoms with Crippen molar-refractivity contribution < 1.29 is 19.4 Å². The van der Waals surface area contributed by atoms with Crippen molar-refractivity contribution in [1.29, 1.82) is 0 Å². The van der Waals surface area contributed by atoms with Gasteiger partial charge in [0.25, 0.3) is 0 Å². The largest absolute Gasteiger partial charge is 0.444 e. The minimum Gasteiger partial charge on any atom is -0.444 e. The highest BCUT2D eigenvalue weighted by molar-refractivity contribution is 5.69. The molecule has 1 amide bonds. The number of rotatable bonds is 1. The lowest BCUT2D eigenvalue weighted by Gasteiger charge is -2.31. The predicted molar refractivity (Wildman–Crippen MR) is 59.0 cm³/mol. The summed E-state index contributed by atoms with van der Waals surface area (Å²) in [5, 5.41) is 9.03. The summed E-state index contributed by atoms with van der Waals surface area (Å²) >= 11 is 0. The van der Waals surface area contributed by atoms with Crippen molar-refractivity contribution in [3.8, 4) is 0 Å². The fraction of sp³-hybridized carbons (Fsp3) is 0.909. The molecule has 1 aliphatic heterocycles. The molecule has 5 nitrogen and oxygen atoms in total. The van der Waals surface area contributed by atoms with E-state index in [4.69, 9.17) is 14.6 Å². The molecule has 0 aromatic heterocycles. The second kappa shape index (κ2) is 4.22. The fourth-order valence-corrected chi connectivity index (χ4v) is 1.64. The number of aliphatic hydroxyl groups is 1. The van der Waals surface area contributed by atoms with Crippen LogP contribution in [0.1, 0.15) is 34.6 Å². The van der Waals surface area contributed by atoms with E-state index in [0.29, 0.717) is 6.54 Å². The number of carbonyl (C=O) groups excluding carboxylic acids is 1. The molecule has 5 heteroatoms. The summed E-state index contributed by atoms with van der Waals surface area (Å²) in [5.74, 6) is 0. The van der Waals surface area contributed by atoms with Gasteiger partial charge in [0.05, 0.1) is 13.2 Å². The van der Waals surface area contributed by atoms with Crippen LogP contribution in [0.15, 0.2) is 0 Å². The van der Waals surface area contributed by atoms with Crippen molar-refractivity contribution in [2.24, 2.45) is 0 Å². The van der Waals surface area contributed by atoms with Gasteiger partial charge in [-0.2, -0.15) is 0 Å². The molecule has 0 aromatic rings. The predicted octanol–water partition coefficient (Wildman–Crippen LogP) is 1.35. The number of carbonyl (C=O) groups is 1. The van der Waals surface area contributed by atoms with Crippen molar-refractivity contribution in [2.75, 3.05) is 13.2 Å². The molecule has 0 radical (unpaired) electrons. The van der Waals surface area contributed by atoms with E-state index in [1.807, 2.05) is 20.8 Å². The molecule has 1 heterocycles. The summed E-state index contributed by atoms with van der Waals surface area (Å²) in [6.07, 6.45) is -0.740. The van der Waals surface area contributed by atoms with Gasteiger partial charge in [-0.05, 0) is 34.6 Å². The van der Waals surface area contributed by atoms with Crippen molar-refractivity contribution >= 4 is 6.09 Å². The van der Waals surface area contributed by atoms with Crippen LogP contribution in [0.2, 0.25) is 0 Å². The van der Waals surface area contributed by atoms with Gasteiger partial charge >= 0.3 is 6.09 Å². The zero-order valence-electron chi connectivity index (χ0n) is 10.6. The van der Waals surface area contributed by atoms with Crippen LogP contribution in [-0.4, -0.2) is 46.7 Å². The maximum atomic E-state index is 11.9. The minimum absolute atomic E-state index is 0.0945. The molecule has 1 N–H and O–H groups in total. The first kappa shape index (κ1) is 13.3. The molecule has 1 fully saturated rings. The van der Waals surface area contributed by atoms with E-state index in [1.165, 1.54) is 4.90 Å². The molecular weight excluding hydrogens is 210 g/mol. The Morgan fingerprint density at radius 3 is 2.50 bits per heavy atom. The zero-order valence-corrected chi connectivity index (χ0v) is 10.6. The molecule has 1 atom stereocenters. The molecular formula is C11H21NO4. The van der Waals surface area contributed by atoms with Crippen molar-refractivity contribution in [3.63, 3.8) is 0 Å². The number of hydrogen-bond acceptors (Lipinski definition) is 4. The summed E-state index contributed by atoms with van der Waals surface area (Å²) in [6, 6.07) is 0. The molecule has 0 aliphatic carbocycles. The lowest BCUT2D eigenvalue weighted by atomic mass is 10.2. The molecule has 0 aromatic carbocycles. The third-order valence-corrected chi connectivity index (χ3v) is 2.31. The summed E-state index contributed by atoms with van der Waals surface area (Å²) in [6.45, 7) is 9.29. The fourth-order valence-electron chi connectivity index (χ4n) is 1.64. The average molecular weight is 231 g/mol. The van der Waals surface area contributed by atoms with Crippen LogP contribution in [0.25, 0.3) is 0 Å². The number of hydrogen-bond donors (Lipinski definition) is 1. The monoisotopic (exact) mass is 231 g/mol. The maximum Gasteiger partial charge on any atom is 0.412 e. The van der Waals surface area contributed by atoms with Crippen LogP contribution in [0, 0.1) is 0 Å². The van der Waals surface area contributed by atoms with Crippen LogP contribution >= 0.6 is 0 Å². The molecule has 1 aliphatic rings. The second-order valence-electron chi connectivity index (χ2n) is 5.46. The van der Waals surface area contributed by atoms with Gasteiger partial charge in [0, 0.05) is 0 Å². The number of nitrogens with zero attached hydrogens (tertiary/aromatic N) is 1. The smallest absolute Gasteiger partial charge is 0.412 e. The van der Waals surface area contributed by atoms with Gasteiger partial charge in [0.15, 0.2) is 0 Å². The molecule has 94 valence electrons. The molecule has 16 heavy (non-hydrogen) atoms. The van der Waals surface area contributed by atoms with E-state index in [2.05, 4.69) is 0 Å². The van der Waals surface area contributed by atoms with E-state index >= 15 is 0 Å². The zero-order chi connectivity index (χ0) is 12.6. The number of amides is 1. The van der Waals surface area contributed by atoms with Crippen LogP contribution < -0.4 is 0 Å². The van der Waals surface area contributed by atoms with E-state index in [1.54, 1.807) is 13.8 Å². The van der Waals surface area contributed by atoms with Gasteiger partial charge in [-0.3, -0.25) is 4.90 Å². The first-order valence-electron chi connectivity index (χ1n) is 5.45. The quantitative estimate of drug-likeness (QED) is 0.740. The van der Waals surface area contributed by atoms with Gasteiger partial charge in [-0.1, -0.05) is 0 Å². The first-order chi connectivity index (χ1) is 7.15. The molecule has 1 saturated heterocycles.